The number of hydrogen-bond donors (Lipinski definition) is 0. The number of unbranched alkanes of at least 4 members (excludes halogenated alkanes) is 1. The molecule has 83 heavy (non-hydrogen) atoms. The molecule has 446 valence electrons. The summed E-state index contributed by atoms with van der Waals surface area (Å²) in [6.45, 7) is 40.0. The second kappa shape index (κ2) is 35.4. The molecule has 0 atom stereocenters. The molecule has 6 rings (SSSR count). The van der Waals surface area contributed by atoms with Crippen LogP contribution in [0.25, 0.3) is 0 Å². The van der Waals surface area contributed by atoms with Crippen molar-refractivity contribution >= 4 is 23.1 Å². The monoisotopic (exact) mass is 1130 g/mol. The van der Waals surface area contributed by atoms with E-state index < -0.39 is 0 Å². The van der Waals surface area contributed by atoms with Crippen LogP contribution in [0.5, 0.6) is 46.0 Å². The Labute approximate surface area is 523 Å². The average molecular weight is 1130 g/mol. The van der Waals surface area contributed by atoms with E-state index in [0.29, 0.717) is 51.0 Å². The Morgan fingerprint density at radius 3 is 1.00 bits per heavy atom. The smallest absolute Gasteiger partial charge is 0.554 e. The van der Waals surface area contributed by atoms with Crippen LogP contribution in [0.4, 0.5) is 0 Å². The van der Waals surface area contributed by atoms with Gasteiger partial charge in [-0.1, -0.05) is 41.5 Å². The van der Waals surface area contributed by atoms with Gasteiger partial charge in [0.25, 0.3) is 0 Å². The molecular weight excluding hydrogens is 1030 g/mol. The van der Waals surface area contributed by atoms with E-state index in [9.17, 15) is 19.2 Å². The molecule has 0 saturated heterocycles. The third kappa shape index (κ3) is 17.4. The molecule has 4 aromatic carbocycles. The number of allylic oxidation sites excluding steroid dienone is 8. The second-order valence-corrected chi connectivity index (χ2v) is 20.3. The van der Waals surface area contributed by atoms with E-state index in [0.717, 1.165) is 130 Å². The summed E-state index contributed by atoms with van der Waals surface area (Å²) in [6, 6.07) is 5.14. The number of ketones is 4. The van der Waals surface area contributed by atoms with Gasteiger partial charge in [-0.15, -0.1) is 22.8 Å². The van der Waals surface area contributed by atoms with Crippen LogP contribution in [0.15, 0.2) is 50.7 Å². The number of ether oxygens (including phenoxy) is 8. The van der Waals surface area contributed by atoms with Crippen molar-refractivity contribution in [1.29, 1.82) is 0 Å². The predicted octanol–water partition coefficient (Wildman–Crippen LogP) is 9.47. The van der Waals surface area contributed by atoms with Crippen LogP contribution in [-0.2, 0) is 25.6 Å². The van der Waals surface area contributed by atoms with Gasteiger partial charge in [-0.3, -0.25) is 19.2 Å². The number of benzene rings is 4. The van der Waals surface area contributed by atoms with Gasteiger partial charge in [0, 0.05) is 80.1 Å². The second-order valence-electron chi connectivity index (χ2n) is 20.3. The molecule has 0 N–H and O–H groups in total. The fourth-order valence-electron chi connectivity index (χ4n) is 9.99. The van der Waals surface area contributed by atoms with Gasteiger partial charge in [0.1, 0.15) is 34.5 Å². The van der Waals surface area contributed by atoms with E-state index in [2.05, 4.69) is 61.5 Å². The summed E-state index contributed by atoms with van der Waals surface area (Å²) in [5.74, 6) is 6.44. The first-order valence-electron chi connectivity index (χ1n) is 26.9. The third-order valence-corrected chi connectivity index (χ3v) is 15.8. The zero-order chi connectivity index (χ0) is 61.5. The topological polar surface area (TPSA) is 142 Å². The maximum Gasteiger partial charge on any atom is 1.00 e. The minimum absolute atomic E-state index is 0. The van der Waals surface area contributed by atoms with Crippen LogP contribution >= 0.6 is 0 Å². The molecule has 0 saturated carbocycles. The van der Waals surface area contributed by atoms with Gasteiger partial charge in [-0.05, 0) is 160 Å². The molecule has 12 nitrogen and oxygen atoms in total. The van der Waals surface area contributed by atoms with Crippen molar-refractivity contribution in [2.24, 2.45) is 0 Å². The Morgan fingerprint density at radius 1 is 0.373 bits per heavy atom. The van der Waals surface area contributed by atoms with Crippen LogP contribution in [0, 0.1) is 96.1 Å². The molecule has 4 aromatic rings. The molecule has 0 amide bonds. The first-order chi connectivity index (χ1) is 37.5. The van der Waals surface area contributed by atoms with Crippen LogP contribution in [0.3, 0.4) is 0 Å². The van der Waals surface area contributed by atoms with Crippen LogP contribution in [0.2, 0.25) is 0 Å². The zero-order valence-corrected chi connectivity index (χ0v) is 55.5. The number of methoxy groups -OCH3 is 8. The molecule has 14 heteroatoms. The Bertz CT molecular complexity index is 2940. The molecule has 0 unspecified atom stereocenters. The number of carbonyl (C=O) groups excluding carboxylic acids is 4. The fourth-order valence-corrected chi connectivity index (χ4v) is 9.99. The van der Waals surface area contributed by atoms with E-state index in [1.165, 1.54) is 6.42 Å². The van der Waals surface area contributed by atoms with Crippen molar-refractivity contribution in [2.75, 3.05) is 56.9 Å². The standard InChI is InChI=1S/C23H32O4.C19H20O4.C11H16O2.C11H15O2.C4H9.CH4.2Li/c1-12-14(3)22(26-9)18(16(5)20(12)24-7)11-19-17(6)21(25-8)13(2)15(4)23(19)27-10;1-8-10(3)18(22)14(12(5)16(8)20)7-15-13(6)17(21)9(2)11(4)19(15)23;2*1-7-6-10(12-4)8(2)9(3)11(7)13-5;1-3-4-2;;;/h11H2,1-10H3;7H2,1-6H3;6H,1-5H3;1-5H3;1,3-4H2,2H3;1H4;;/q;;;2*-1;;2*+1. The molecule has 0 bridgehead atoms. The van der Waals surface area contributed by atoms with Crippen LogP contribution in [0.1, 0.15) is 153 Å². The van der Waals surface area contributed by atoms with Crippen molar-refractivity contribution in [2.45, 2.75) is 165 Å². The SMILES string of the molecule is C.CC1=C(C)C(=O)C(CC2=C(C)C(=O)C(C)=C(C)C2=O)=C(C)C1=O.COc1[c-]c(C)c(OC)c(C)c1C.COc1c(C)c(C)c(OC)c(Cc2c(C)c(OC)c(C)c(C)c2OC)c1C.COc1cc(C)c(OC)c(C)c1C.[CH2-]CCC.[Li+].[Li+]. The molecular formula is C69H96Li2O12. The number of hydrogen-bond acceptors (Lipinski definition) is 12. The molecule has 2 aliphatic rings. The maximum atomic E-state index is 12.5. The molecule has 0 heterocycles. The van der Waals surface area contributed by atoms with Gasteiger partial charge >= 0.3 is 37.7 Å². The summed E-state index contributed by atoms with van der Waals surface area (Å²) < 4.78 is 44.0. The van der Waals surface area contributed by atoms with E-state index >= 15 is 0 Å². The maximum absolute atomic E-state index is 12.5. The van der Waals surface area contributed by atoms with Gasteiger partial charge in [-0.2, -0.15) is 6.42 Å². The Hall–Kier alpha value is -5.89. The molecule has 0 aliphatic heterocycles. The Kier molecular flexibility index (Phi) is 33.8. The van der Waals surface area contributed by atoms with Gasteiger partial charge < -0.3 is 44.8 Å². The zero-order valence-electron chi connectivity index (χ0n) is 55.5. The number of carbonyl (C=O) groups is 4. The van der Waals surface area contributed by atoms with E-state index in [1.807, 2.05) is 47.6 Å². The number of aryl methyl sites for hydroxylation is 2. The van der Waals surface area contributed by atoms with Crippen molar-refractivity contribution in [1.82, 2.24) is 0 Å². The third-order valence-electron chi connectivity index (χ3n) is 15.8. The molecule has 0 radical (unpaired) electrons. The molecule has 0 aromatic heterocycles. The van der Waals surface area contributed by atoms with Gasteiger partial charge in [0.2, 0.25) is 0 Å². The normalized spacial score (nSPS) is 12.6. The Morgan fingerprint density at radius 2 is 0.687 bits per heavy atom. The van der Waals surface area contributed by atoms with Crippen LogP contribution < -0.4 is 75.6 Å². The van der Waals surface area contributed by atoms with Crippen molar-refractivity contribution in [3.05, 3.63) is 142 Å². The summed E-state index contributed by atoms with van der Waals surface area (Å²) >= 11 is 0. The van der Waals surface area contributed by atoms with E-state index in [-0.39, 0.29) is 74.7 Å². The van der Waals surface area contributed by atoms with Crippen molar-refractivity contribution in [3.63, 3.8) is 0 Å². The van der Waals surface area contributed by atoms with E-state index in [4.69, 9.17) is 37.9 Å². The first-order valence-corrected chi connectivity index (χ1v) is 26.9. The molecule has 0 spiro atoms. The van der Waals surface area contributed by atoms with Crippen molar-refractivity contribution < 1.29 is 94.8 Å². The average Bonchev–Trinajstić information content (AvgIpc) is 3.44. The summed E-state index contributed by atoms with van der Waals surface area (Å²) in [5, 5.41) is 0. The van der Waals surface area contributed by atoms with Gasteiger partial charge in [-0.25, -0.2) is 0 Å². The van der Waals surface area contributed by atoms with Gasteiger partial charge in [0.05, 0.1) is 56.9 Å². The largest absolute Gasteiger partial charge is 1.00 e. The molecule has 0 fully saturated rings. The summed E-state index contributed by atoms with van der Waals surface area (Å²) in [4.78, 5) is 49.5. The minimum Gasteiger partial charge on any atom is -0.554 e. The summed E-state index contributed by atoms with van der Waals surface area (Å²) in [7, 11) is 13.6. The van der Waals surface area contributed by atoms with Gasteiger partial charge in [0.15, 0.2) is 23.1 Å². The minimum atomic E-state index is -0.218. The summed E-state index contributed by atoms with van der Waals surface area (Å²) in [6.07, 6.45) is 2.99. The number of rotatable bonds is 13. The quantitative estimate of drug-likeness (QED) is 0.0715. The van der Waals surface area contributed by atoms with Crippen molar-refractivity contribution in [3.8, 4) is 46.0 Å². The predicted molar refractivity (Wildman–Crippen MR) is 330 cm³/mol. The fraction of sp³-hybridized carbons (Fsp3) is 0.464. The van der Waals surface area contributed by atoms with Crippen LogP contribution in [-0.4, -0.2) is 80.0 Å². The number of Topliss-reactive ketones (excluding diaryl/α,β-unsaturated/α-hetero) is 4. The summed E-state index contributed by atoms with van der Waals surface area (Å²) in [5.41, 5.74) is 18.5. The van der Waals surface area contributed by atoms with E-state index in [1.54, 1.807) is 98.4 Å². The molecule has 2 aliphatic carbocycles. The first kappa shape index (κ1) is 79.2. The Balaban J connectivity index is 0.